The Morgan fingerprint density at radius 2 is 2.07 bits per heavy atom. The Balaban J connectivity index is 3.45. The van der Waals surface area contributed by atoms with Gasteiger partial charge in [0.2, 0.25) is 0 Å². The minimum Gasteiger partial charge on any atom is -0.493 e. The van der Waals surface area contributed by atoms with Gasteiger partial charge in [-0.3, -0.25) is 0 Å². The van der Waals surface area contributed by atoms with Crippen LogP contribution in [0.4, 0.5) is 0 Å². The molecule has 4 heteroatoms. The summed E-state index contributed by atoms with van der Waals surface area (Å²) in [6.45, 7) is 3.57. The largest absolute Gasteiger partial charge is 0.493 e. The van der Waals surface area contributed by atoms with Crippen LogP contribution in [-0.4, -0.2) is 25.3 Å². The number of hydrogen-bond acceptors (Lipinski definition) is 3. The van der Waals surface area contributed by atoms with Crippen molar-refractivity contribution < 1.29 is 19.4 Å². The van der Waals surface area contributed by atoms with E-state index in [0.29, 0.717) is 11.3 Å². The van der Waals surface area contributed by atoms with Crippen molar-refractivity contribution in [3.63, 3.8) is 0 Å². The number of ether oxygens (including phenoxy) is 2. The molecule has 0 fully saturated rings. The minimum atomic E-state index is -1.06. The van der Waals surface area contributed by atoms with Crippen LogP contribution in [0.2, 0.25) is 0 Å². The predicted molar refractivity (Wildman–Crippen MR) is 56.6 cm³/mol. The van der Waals surface area contributed by atoms with Gasteiger partial charge in [0.05, 0.1) is 14.2 Å². The van der Waals surface area contributed by atoms with Gasteiger partial charge in [0, 0.05) is 0 Å². The van der Waals surface area contributed by atoms with E-state index in [1.54, 1.807) is 12.1 Å². The second-order valence-corrected chi connectivity index (χ2v) is 2.81. The number of benzene rings is 1. The molecule has 4 nitrogen and oxygen atoms in total. The molecule has 1 N–H and O–H groups in total. The lowest BCUT2D eigenvalue weighted by Crippen LogP contribution is -2.03. The highest BCUT2D eigenvalue weighted by molar-refractivity contribution is 5.93. The van der Waals surface area contributed by atoms with E-state index in [4.69, 9.17) is 14.6 Å². The normalized spacial score (nSPS) is 9.47. The van der Waals surface area contributed by atoms with Crippen LogP contribution in [0.25, 0.3) is 6.08 Å². The van der Waals surface area contributed by atoms with Crippen molar-refractivity contribution in [3.05, 3.63) is 29.8 Å². The highest BCUT2D eigenvalue weighted by atomic mass is 16.5. The lowest BCUT2D eigenvalue weighted by molar-refractivity contribution is 0.0692. The first kappa shape index (κ1) is 11.1. The van der Waals surface area contributed by atoms with Crippen LogP contribution in [0.15, 0.2) is 18.7 Å². The molecular formula is C11H12O4. The standard InChI is InChI=1S/C11H12O4/c1-4-7-5-8(11(12)13)10(15-3)9(6-7)14-2/h4-6H,1H2,2-3H3,(H,12,13). The second kappa shape index (κ2) is 4.50. The molecule has 1 rings (SSSR count). The SMILES string of the molecule is C=Cc1cc(OC)c(OC)c(C(=O)O)c1. The van der Waals surface area contributed by atoms with Gasteiger partial charge in [-0.15, -0.1) is 0 Å². The number of rotatable bonds is 4. The number of carbonyl (C=O) groups is 1. The average molecular weight is 208 g/mol. The Hall–Kier alpha value is -1.97. The zero-order valence-electron chi connectivity index (χ0n) is 8.61. The van der Waals surface area contributed by atoms with Gasteiger partial charge in [0.1, 0.15) is 5.56 Å². The van der Waals surface area contributed by atoms with E-state index in [1.807, 2.05) is 0 Å². The molecule has 0 saturated carbocycles. The summed E-state index contributed by atoms with van der Waals surface area (Å²) in [5.74, 6) is -0.461. The van der Waals surface area contributed by atoms with Crippen LogP contribution < -0.4 is 9.47 Å². The smallest absolute Gasteiger partial charge is 0.339 e. The number of methoxy groups -OCH3 is 2. The van der Waals surface area contributed by atoms with Gasteiger partial charge in [0.25, 0.3) is 0 Å². The van der Waals surface area contributed by atoms with Crippen LogP contribution in [-0.2, 0) is 0 Å². The van der Waals surface area contributed by atoms with E-state index in [0.717, 1.165) is 0 Å². The Kier molecular flexibility index (Phi) is 3.33. The van der Waals surface area contributed by atoms with Crippen molar-refractivity contribution in [3.8, 4) is 11.5 Å². The molecule has 0 unspecified atom stereocenters. The molecule has 0 amide bonds. The molecule has 0 spiro atoms. The van der Waals surface area contributed by atoms with Gasteiger partial charge < -0.3 is 14.6 Å². The molecule has 0 aliphatic heterocycles. The highest BCUT2D eigenvalue weighted by Crippen LogP contribution is 2.32. The summed E-state index contributed by atoms with van der Waals surface area (Å²) >= 11 is 0. The quantitative estimate of drug-likeness (QED) is 0.822. The molecule has 80 valence electrons. The second-order valence-electron chi connectivity index (χ2n) is 2.81. The zero-order valence-corrected chi connectivity index (χ0v) is 8.61. The molecule has 0 saturated heterocycles. The molecule has 1 aromatic rings. The Labute approximate surface area is 87.7 Å². The fourth-order valence-corrected chi connectivity index (χ4v) is 1.26. The highest BCUT2D eigenvalue weighted by Gasteiger charge is 2.16. The van der Waals surface area contributed by atoms with Crippen LogP contribution in [0, 0.1) is 0 Å². The topological polar surface area (TPSA) is 55.8 Å². The van der Waals surface area contributed by atoms with Crippen molar-refractivity contribution >= 4 is 12.0 Å². The van der Waals surface area contributed by atoms with Gasteiger partial charge in [-0.1, -0.05) is 12.7 Å². The maximum absolute atomic E-state index is 10.9. The van der Waals surface area contributed by atoms with Gasteiger partial charge in [0.15, 0.2) is 11.5 Å². The Morgan fingerprint density at radius 1 is 1.40 bits per heavy atom. The fourth-order valence-electron chi connectivity index (χ4n) is 1.26. The fraction of sp³-hybridized carbons (Fsp3) is 0.182. The van der Waals surface area contributed by atoms with Gasteiger partial charge in [-0.25, -0.2) is 4.79 Å². The molecule has 15 heavy (non-hydrogen) atoms. The van der Waals surface area contributed by atoms with E-state index in [9.17, 15) is 4.79 Å². The monoisotopic (exact) mass is 208 g/mol. The van der Waals surface area contributed by atoms with E-state index in [-0.39, 0.29) is 11.3 Å². The first-order valence-electron chi connectivity index (χ1n) is 4.25. The van der Waals surface area contributed by atoms with Crippen molar-refractivity contribution in [1.82, 2.24) is 0 Å². The first-order valence-corrected chi connectivity index (χ1v) is 4.25. The maximum Gasteiger partial charge on any atom is 0.339 e. The van der Waals surface area contributed by atoms with E-state index in [2.05, 4.69) is 6.58 Å². The van der Waals surface area contributed by atoms with Crippen LogP contribution >= 0.6 is 0 Å². The van der Waals surface area contributed by atoms with E-state index >= 15 is 0 Å². The van der Waals surface area contributed by atoms with Crippen molar-refractivity contribution in [2.75, 3.05) is 14.2 Å². The third-order valence-corrected chi connectivity index (χ3v) is 1.97. The van der Waals surface area contributed by atoms with Crippen LogP contribution in [0.5, 0.6) is 11.5 Å². The summed E-state index contributed by atoms with van der Waals surface area (Å²) in [5.41, 5.74) is 0.733. The average Bonchev–Trinajstić information content (AvgIpc) is 2.26. The van der Waals surface area contributed by atoms with Crippen LogP contribution in [0.1, 0.15) is 15.9 Å². The summed E-state index contributed by atoms with van der Waals surface area (Å²) in [4.78, 5) is 10.9. The molecule has 1 aromatic carbocycles. The van der Waals surface area contributed by atoms with Gasteiger partial charge >= 0.3 is 5.97 Å². The number of hydrogen-bond donors (Lipinski definition) is 1. The third kappa shape index (κ3) is 2.10. The van der Waals surface area contributed by atoms with E-state index < -0.39 is 5.97 Å². The summed E-state index contributed by atoms with van der Waals surface area (Å²) in [6, 6.07) is 3.15. The van der Waals surface area contributed by atoms with Crippen molar-refractivity contribution in [1.29, 1.82) is 0 Å². The molecule has 0 atom stereocenters. The first-order chi connectivity index (χ1) is 7.13. The summed E-state index contributed by atoms with van der Waals surface area (Å²) in [7, 11) is 2.86. The zero-order chi connectivity index (χ0) is 11.4. The summed E-state index contributed by atoms with van der Waals surface area (Å²) in [6.07, 6.45) is 1.55. The third-order valence-electron chi connectivity index (χ3n) is 1.97. The molecule has 0 aliphatic rings. The summed E-state index contributed by atoms with van der Waals surface area (Å²) < 4.78 is 10.0. The number of carboxylic acid groups (broad SMARTS) is 1. The molecular weight excluding hydrogens is 196 g/mol. The minimum absolute atomic E-state index is 0.0618. The molecule has 0 aromatic heterocycles. The molecule has 0 heterocycles. The van der Waals surface area contributed by atoms with E-state index in [1.165, 1.54) is 20.3 Å². The number of carboxylic acids is 1. The maximum atomic E-state index is 10.9. The lowest BCUT2D eigenvalue weighted by Gasteiger charge is -2.11. The Bertz CT molecular complexity index is 396. The lowest BCUT2D eigenvalue weighted by atomic mass is 10.1. The van der Waals surface area contributed by atoms with Gasteiger partial charge in [-0.05, 0) is 17.7 Å². The molecule has 0 aliphatic carbocycles. The predicted octanol–water partition coefficient (Wildman–Crippen LogP) is 2.04. The van der Waals surface area contributed by atoms with Crippen molar-refractivity contribution in [2.24, 2.45) is 0 Å². The van der Waals surface area contributed by atoms with Crippen molar-refractivity contribution in [2.45, 2.75) is 0 Å². The Morgan fingerprint density at radius 3 is 2.47 bits per heavy atom. The molecule has 0 bridgehead atoms. The number of aromatic carboxylic acids is 1. The van der Waals surface area contributed by atoms with Gasteiger partial charge in [-0.2, -0.15) is 0 Å². The van der Waals surface area contributed by atoms with Crippen LogP contribution in [0.3, 0.4) is 0 Å². The summed E-state index contributed by atoms with van der Waals surface area (Å²) in [5, 5.41) is 8.97. The molecule has 0 radical (unpaired) electrons.